The lowest BCUT2D eigenvalue weighted by Crippen LogP contribution is -2.43. The van der Waals surface area contributed by atoms with Gasteiger partial charge in [0, 0.05) is 12.6 Å². The number of benzene rings is 1. The second-order valence-corrected chi connectivity index (χ2v) is 7.39. The van der Waals surface area contributed by atoms with Crippen LogP contribution in [0.15, 0.2) is 12.1 Å². The van der Waals surface area contributed by atoms with Crippen LogP contribution in [-0.2, 0) is 10.0 Å². The molecular weight excluding hydrogens is 260 g/mol. The van der Waals surface area contributed by atoms with Crippen LogP contribution in [0, 0.1) is 20.8 Å². The lowest BCUT2D eigenvalue weighted by molar-refractivity contribution is 0.407. The maximum Gasteiger partial charge on any atom is 0.213 e. The van der Waals surface area contributed by atoms with Crippen molar-refractivity contribution in [3.63, 3.8) is 0 Å². The highest BCUT2D eigenvalue weighted by atomic mass is 32.2. The molecule has 19 heavy (non-hydrogen) atoms. The highest BCUT2D eigenvalue weighted by molar-refractivity contribution is 7.89. The lowest BCUT2D eigenvalue weighted by Gasteiger charge is -2.30. The summed E-state index contributed by atoms with van der Waals surface area (Å²) in [5, 5.41) is 8.07. The summed E-state index contributed by atoms with van der Waals surface area (Å²) in [6.45, 7) is 6.76. The first-order valence-electron chi connectivity index (χ1n) is 6.62. The van der Waals surface area contributed by atoms with E-state index in [4.69, 9.17) is 5.14 Å². The van der Waals surface area contributed by atoms with Crippen molar-refractivity contribution < 1.29 is 8.42 Å². The van der Waals surface area contributed by atoms with Gasteiger partial charge in [-0.2, -0.15) is 0 Å². The summed E-state index contributed by atoms with van der Waals surface area (Å²) in [6, 6.07) is 4.63. The Kier molecular flexibility index (Phi) is 3.99. The molecule has 1 aliphatic heterocycles. The first-order valence-corrected chi connectivity index (χ1v) is 8.22. The molecule has 1 heterocycles. The molecule has 106 valence electrons. The van der Waals surface area contributed by atoms with Gasteiger partial charge < -0.3 is 5.32 Å². The van der Waals surface area contributed by atoms with Crippen molar-refractivity contribution in [1.29, 1.82) is 0 Å². The zero-order valence-electron chi connectivity index (χ0n) is 11.7. The first-order chi connectivity index (χ1) is 8.79. The minimum atomic E-state index is -3.42. The van der Waals surface area contributed by atoms with E-state index < -0.39 is 15.3 Å². The average Bonchev–Trinajstić information content (AvgIpc) is 2.33. The van der Waals surface area contributed by atoms with E-state index in [9.17, 15) is 8.42 Å². The molecule has 5 heteroatoms. The van der Waals surface area contributed by atoms with Crippen LogP contribution in [0.2, 0.25) is 0 Å². The number of piperidine rings is 1. The van der Waals surface area contributed by atoms with Gasteiger partial charge >= 0.3 is 0 Å². The zero-order chi connectivity index (χ0) is 14.2. The maximum absolute atomic E-state index is 11.3. The van der Waals surface area contributed by atoms with Crippen LogP contribution in [0.4, 0.5) is 0 Å². The van der Waals surface area contributed by atoms with Crippen LogP contribution in [0.1, 0.15) is 41.1 Å². The van der Waals surface area contributed by atoms with Crippen molar-refractivity contribution in [2.45, 2.75) is 44.9 Å². The van der Waals surface area contributed by atoms with Crippen molar-refractivity contribution >= 4 is 10.0 Å². The summed E-state index contributed by atoms with van der Waals surface area (Å²) in [6.07, 6.45) is 1.44. The fourth-order valence-electron chi connectivity index (χ4n) is 2.73. The van der Waals surface area contributed by atoms with Gasteiger partial charge in [0.25, 0.3) is 0 Å². The fourth-order valence-corrected chi connectivity index (χ4v) is 3.53. The molecule has 0 aliphatic carbocycles. The van der Waals surface area contributed by atoms with E-state index in [0.717, 1.165) is 6.42 Å². The zero-order valence-corrected chi connectivity index (χ0v) is 12.5. The van der Waals surface area contributed by atoms with E-state index in [1.54, 1.807) is 0 Å². The molecular formula is C14H22N2O2S. The molecule has 1 saturated heterocycles. The van der Waals surface area contributed by atoms with Gasteiger partial charge in [0.1, 0.15) is 0 Å². The summed E-state index contributed by atoms with van der Waals surface area (Å²) in [5.41, 5.74) is 5.10. The minimum Gasteiger partial charge on any atom is -0.309 e. The first kappa shape index (κ1) is 14.5. The quantitative estimate of drug-likeness (QED) is 0.867. The molecule has 0 bridgehead atoms. The third-order valence-corrected chi connectivity index (χ3v) is 5.42. The second kappa shape index (κ2) is 5.23. The van der Waals surface area contributed by atoms with Crippen LogP contribution in [0.3, 0.4) is 0 Å². The molecule has 0 saturated carbocycles. The van der Waals surface area contributed by atoms with Crippen LogP contribution >= 0.6 is 0 Å². The number of nitrogens with one attached hydrogen (secondary N) is 1. The Labute approximate surface area is 115 Å². The summed E-state index contributed by atoms with van der Waals surface area (Å²) < 4.78 is 22.7. The molecule has 1 aromatic carbocycles. The summed E-state index contributed by atoms with van der Waals surface area (Å²) in [7, 11) is -3.42. The fraction of sp³-hybridized carbons (Fsp3) is 0.571. The van der Waals surface area contributed by atoms with E-state index in [1.165, 1.54) is 22.3 Å². The molecule has 0 amide bonds. The Balaban J connectivity index is 2.16. The third kappa shape index (κ3) is 3.16. The Morgan fingerprint density at radius 2 is 1.74 bits per heavy atom. The van der Waals surface area contributed by atoms with Crippen LogP contribution in [0.25, 0.3) is 0 Å². The number of aryl methyl sites for hydroxylation is 3. The molecule has 1 fully saturated rings. The standard InChI is InChI=1S/C14H22N2O2S/c1-9-6-11(3)13(7-10(9)2)14-5-4-12(8-16-14)19(15,17)18/h6-7,12,14,16H,4-5,8H2,1-3H3,(H2,15,17,18). The molecule has 0 spiro atoms. The number of nitrogens with two attached hydrogens (primary N) is 1. The van der Waals surface area contributed by atoms with Gasteiger partial charge in [0.05, 0.1) is 5.25 Å². The van der Waals surface area contributed by atoms with E-state index in [-0.39, 0.29) is 6.04 Å². The SMILES string of the molecule is Cc1cc(C)c(C2CCC(S(N)(=O)=O)CN2)cc1C. The topological polar surface area (TPSA) is 72.2 Å². The molecule has 2 rings (SSSR count). The van der Waals surface area contributed by atoms with Gasteiger partial charge in [-0.1, -0.05) is 12.1 Å². The van der Waals surface area contributed by atoms with Gasteiger partial charge in [0.15, 0.2) is 0 Å². The van der Waals surface area contributed by atoms with Crippen molar-refractivity contribution in [3.05, 3.63) is 34.4 Å². The Hall–Kier alpha value is -0.910. The number of hydrogen-bond donors (Lipinski definition) is 2. The molecule has 2 atom stereocenters. The Bertz CT molecular complexity index is 573. The average molecular weight is 282 g/mol. The molecule has 1 aromatic rings. The van der Waals surface area contributed by atoms with Crippen molar-refractivity contribution in [2.24, 2.45) is 5.14 Å². The maximum atomic E-state index is 11.3. The molecule has 2 unspecified atom stereocenters. The summed E-state index contributed by atoms with van der Waals surface area (Å²) in [4.78, 5) is 0. The van der Waals surface area contributed by atoms with E-state index >= 15 is 0 Å². The highest BCUT2D eigenvalue weighted by Crippen LogP contribution is 2.29. The highest BCUT2D eigenvalue weighted by Gasteiger charge is 2.29. The van der Waals surface area contributed by atoms with Gasteiger partial charge in [-0.25, -0.2) is 13.6 Å². The molecule has 1 aliphatic rings. The molecule has 0 radical (unpaired) electrons. The van der Waals surface area contributed by atoms with Crippen molar-refractivity contribution in [2.75, 3.05) is 6.54 Å². The normalized spacial score (nSPS) is 24.4. The Morgan fingerprint density at radius 3 is 2.26 bits per heavy atom. The van der Waals surface area contributed by atoms with Crippen molar-refractivity contribution in [1.82, 2.24) is 5.32 Å². The molecule has 3 N–H and O–H groups in total. The summed E-state index contributed by atoms with van der Waals surface area (Å²) >= 11 is 0. The number of hydrogen-bond acceptors (Lipinski definition) is 3. The van der Waals surface area contributed by atoms with Crippen LogP contribution in [-0.4, -0.2) is 20.2 Å². The van der Waals surface area contributed by atoms with Gasteiger partial charge in [0.2, 0.25) is 10.0 Å². The van der Waals surface area contributed by atoms with Gasteiger partial charge in [-0.15, -0.1) is 0 Å². The largest absolute Gasteiger partial charge is 0.309 e. The predicted octanol–water partition coefficient (Wildman–Crippen LogP) is 1.69. The minimum absolute atomic E-state index is 0.234. The van der Waals surface area contributed by atoms with Crippen molar-refractivity contribution in [3.8, 4) is 0 Å². The van der Waals surface area contributed by atoms with Gasteiger partial charge in [-0.3, -0.25) is 0 Å². The molecule has 0 aromatic heterocycles. The van der Waals surface area contributed by atoms with E-state index in [1.807, 2.05) is 0 Å². The van der Waals surface area contributed by atoms with E-state index in [0.29, 0.717) is 13.0 Å². The second-order valence-electron chi connectivity index (χ2n) is 5.54. The Morgan fingerprint density at radius 1 is 1.11 bits per heavy atom. The number of primary sulfonamides is 1. The monoisotopic (exact) mass is 282 g/mol. The lowest BCUT2D eigenvalue weighted by atomic mass is 9.91. The van der Waals surface area contributed by atoms with E-state index in [2.05, 4.69) is 38.2 Å². The predicted molar refractivity (Wildman–Crippen MR) is 77.5 cm³/mol. The van der Waals surface area contributed by atoms with Crippen LogP contribution in [0.5, 0.6) is 0 Å². The smallest absolute Gasteiger partial charge is 0.213 e. The third-order valence-electron chi connectivity index (χ3n) is 4.09. The number of sulfonamides is 1. The van der Waals surface area contributed by atoms with Crippen LogP contribution < -0.4 is 10.5 Å². The molecule has 4 nitrogen and oxygen atoms in total. The number of rotatable bonds is 2. The summed E-state index contributed by atoms with van der Waals surface area (Å²) in [5.74, 6) is 0. The van der Waals surface area contributed by atoms with Gasteiger partial charge in [-0.05, 0) is 55.9 Å².